The van der Waals surface area contributed by atoms with E-state index in [1.54, 1.807) is 7.11 Å². The van der Waals surface area contributed by atoms with Gasteiger partial charge in [0, 0.05) is 32.8 Å². The molecule has 26 heavy (non-hydrogen) atoms. The third-order valence-electron chi connectivity index (χ3n) is 4.96. The molecular weight excluding hydrogens is 328 g/mol. The molecule has 146 valence electrons. The van der Waals surface area contributed by atoms with Crippen LogP contribution >= 0.6 is 0 Å². The molecule has 0 amide bonds. The molecule has 1 aliphatic heterocycles. The van der Waals surface area contributed by atoms with E-state index < -0.39 is 0 Å². The van der Waals surface area contributed by atoms with Crippen LogP contribution in [0.3, 0.4) is 0 Å². The lowest BCUT2D eigenvalue weighted by Crippen LogP contribution is -2.45. The zero-order valence-electron chi connectivity index (χ0n) is 16.6. The van der Waals surface area contributed by atoms with Gasteiger partial charge in [-0.3, -0.25) is 9.89 Å². The summed E-state index contributed by atoms with van der Waals surface area (Å²) >= 11 is 0. The van der Waals surface area contributed by atoms with E-state index >= 15 is 0 Å². The van der Waals surface area contributed by atoms with Crippen molar-refractivity contribution in [1.82, 2.24) is 15.5 Å². The van der Waals surface area contributed by atoms with E-state index in [2.05, 4.69) is 51.8 Å². The molecule has 1 saturated heterocycles. The van der Waals surface area contributed by atoms with Crippen molar-refractivity contribution in [3.05, 3.63) is 29.8 Å². The molecule has 1 aliphatic rings. The first-order valence-electron chi connectivity index (χ1n) is 9.56. The number of aliphatic imine (C=N–C) groups is 1. The Balaban J connectivity index is 1.96. The lowest BCUT2D eigenvalue weighted by atomic mass is 9.85. The second-order valence-electron chi connectivity index (χ2n) is 6.68. The van der Waals surface area contributed by atoms with Crippen LogP contribution in [0.4, 0.5) is 0 Å². The fourth-order valence-corrected chi connectivity index (χ4v) is 3.64. The van der Waals surface area contributed by atoms with Gasteiger partial charge in [-0.15, -0.1) is 0 Å². The molecule has 2 unspecified atom stereocenters. The summed E-state index contributed by atoms with van der Waals surface area (Å²) in [5.41, 5.74) is 1.35. The number of hydrogen-bond acceptors (Lipinski definition) is 4. The Kier molecular flexibility index (Phi) is 8.71. The highest BCUT2D eigenvalue weighted by atomic mass is 16.5. The number of guanidine groups is 1. The highest BCUT2D eigenvalue weighted by Gasteiger charge is 2.30. The Morgan fingerprint density at radius 2 is 2.04 bits per heavy atom. The predicted molar refractivity (Wildman–Crippen MR) is 107 cm³/mol. The van der Waals surface area contributed by atoms with Crippen LogP contribution in [0, 0.1) is 5.92 Å². The summed E-state index contributed by atoms with van der Waals surface area (Å²) in [7, 11) is 5.73. The van der Waals surface area contributed by atoms with Crippen molar-refractivity contribution < 1.29 is 9.47 Å². The van der Waals surface area contributed by atoms with Crippen LogP contribution in [0.5, 0.6) is 5.75 Å². The van der Waals surface area contributed by atoms with Gasteiger partial charge in [-0.25, -0.2) is 0 Å². The summed E-state index contributed by atoms with van der Waals surface area (Å²) in [4.78, 5) is 6.78. The first-order chi connectivity index (χ1) is 12.7. The number of piperidine rings is 1. The molecule has 0 aromatic heterocycles. The van der Waals surface area contributed by atoms with Gasteiger partial charge in [0.2, 0.25) is 0 Å². The van der Waals surface area contributed by atoms with Crippen LogP contribution < -0.4 is 15.4 Å². The average molecular weight is 363 g/mol. The Morgan fingerprint density at radius 1 is 1.27 bits per heavy atom. The monoisotopic (exact) mass is 362 g/mol. The minimum absolute atomic E-state index is 0.406. The smallest absolute Gasteiger partial charge is 0.191 e. The lowest BCUT2D eigenvalue weighted by molar-refractivity contribution is 0.122. The second kappa shape index (κ2) is 11.0. The van der Waals surface area contributed by atoms with E-state index in [0.717, 1.165) is 38.0 Å². The molecule has 2 N–H and O–H groups in total. The van der Waals surface area contributed by atoms with Crippen LogP contribution in [0.15, 0.2) is 29.3 Å². The SMILES string of the molecule is CCOCCNC(=NC)NCC1CCCN(C)C1c1ccc(OC)cc1. The molecule has 2 atom stereocenters. The van der Waals surface area contributed by atoms with Gasteiger partial charge in [0.25, 0.3) is 0 Å². The number of likely N-dealkylation sites (tertiary alicyclic amines) is 1. The normalized spacial score (nSPS) is 21.5. The van der Waals surface area contributed by atoms with Crippen LogP contribution in [0.25, 0.3) is 0 Å². The van der Waals surface area contributed by atoms with Crippen molar-refractivity contribution in [3.63, 3.8) is 0 Å². The minimum atomic E-state index is 0.406. The van der Waals surface area contributed by atoms with Crippen LogP contribution in [-0.4, -0.2) is 64.9 Å². The molecule has 6 heteroatoms. The second-order valence-corrected chi connectivity index (χ2v) is 6.68. The number of nitrogens with one attached hydrogen (secondary N) is 2. The number of hydrogen-bond donors (Lipinski definition) is 2. The summed E-state index contributed by atoms with van der Waals surface area (Å²) < 4.78 is 10.7. The van der Waals surface area contributed by atoms with Crippen molar-refractivity contribution in [2.75, 3.05) is 54.1 Å². The minimum Gasteiger partial charge on any atom is -0.497 e. The van der Waals surface area contributed by atoms with Crippen LogP contribution in [0.2, 0.25) is 0 Å². The summed E-state index contributed by atoms with van der Waals surface area (Å²) in [5.74, 6) is 2.28. The summed E-state index contributed by atoms with van der Waals surface area (Å²) in [6.07, 6.45) is 2.44. The largest absolute Gasteiger partial charge is 0.497 e. The van der Waals surface area contributed by atoms with Gasteiger partial charge in [0.15, 0.2) is 5.96 Å². The van der Waals surface area contributed by atoms with Gasteiger partial charge in [0.1, 0.15) is 5.75 Å². The van der Waals surface area contributed by atoms with Crippen molar-refractivity contribution in [1.29, 1.82) is 0 Å². The van der Waals surface area contributed by atoms with Gasteiger partial charge in [-0.2, -0.15) is 0 Å². The quantitative estimate of drug-likeness (QED) is 0.422. The Labute approximate surface area is 158 Å². The highest BCUT2D eigenvalue weighted by Crippen LogP contribution is 2.35. The number of ether oxygens (including phenoxy) is 2. The zero-order valence-corrected chi connectivity index (χ0v) is 16.6. The van der Waals surface area contributed by atoms with Gasteiger partial charge >= 0.3 is 0 Å². The molecule has 0 spiro atoms. The van der Waals surface area contributed by atoms with Crippen molar-refractivity contribution in [2.45, 2.75) is 25.8 Å². The maximum absolute atomic E-state index is 5.37. The third kappa shape index (κ3) is 5.88. The topological polar surface area (TPSA) is 58.1 Å². The van der Waals surface area contributed by atoms with Gasteiger partial charge in [0.05, 0.1) is 13.7 Å². The average Bonchev–Trinajstić information content (AvgIpc) is 2.67. The molecule has 0 aliphatic carbocycles. The standard InChI is InChI=1S/C20H34N4O2/c1-5-26-14-12-22-20(21-2)23-15-17-7-6-13-24(3)19(17)16-8-10-18(25-4)11-9-16/h8-11,17,19H,5-7,12-15H2,1-4H3,(H2,21,22,23). The van der Waals surface area contributed by atoms with Gasteiger partial charge < -0.3 is 20.1 Å². The van der Waals surface area contributed by atoms with Gasteiger partial charge in [-0.1, -0.05) is 12.1 Å². The summed E-state index contributed by atoms with van der Waals surface area (Å²) in [6.45, 7) is 6.24. The molecular formula is C20H34N4O2. The van der Waals surface area contributed by atoms with E-state index in [4.69, 9.17) is 9.47 Å². The van der Waals surface area contributed by atoms with Crippen LogP contribution in [0.1, 0.15) is 31.4 Å². The lowest BCUT2D eigenvalue weighted by Gasteiger charge is -2.40. The van der Waals surface area contributed by atoms with Crippen molar-refractivity contribution in [3.8, 4) is 5.75 Å². The third-order valence-corrected chi connectivity index (χ3v) is 4.96. The Morgan fingerprint density at radius 3 is 2.69 bits per heavy atom. The maximum atomic E-state index is 5.37. The number of methoxy groups -OCH3 is 1. The molecule has 1 aromatic carbocycles. The fraction of sp³-hybridized carbons (Fsp3) is 0.650. The van der Waals surface area contributed by atoms with Crippen molar-refractivity contribution >= 4 is 5.96 Å². The zero-order chi connectivity index (χ0) is 18.8. The molecule has 2 rings (SSSR count). The van der Waals surface area contributed by atoms with E-state index in [1.165, 1.54) is 18.4 Å². The highest BCUT2D eigenvalue weighted by molar-refractivity contribution is 5.79. The fourth-order valence-electron chi connectivity index (χ4n) is 3.64. The van der Waals surface area contributed by atoms with Crippen molar-refractivity contribution in [2.24, 2.45) is 10.9 Å². The molecule has 0 bridgehead atoms. The molecule has 0 saturated carbocycles. The summed E-state index contributed by atoms with van der Waals surface area (Å²) in [5, 5.41) is 6.80. The molecule has 1 heterocycles. The number of rotatable bonds is 8. The Bertz CT molecular complexity index is 547. The summed E-state index contributed by atoms with van der Waals surface area (Å²) in [6, 6.07) is 8.89. The molecule has 1 fully saturated rings. The Hall–Kier alpha value is -1.79. The first kappa shape index (κ1) is 20.5. The number of nitrogens with zero attached hydrogens (tertiary/aromatic N) is 2. The molecule has 1 aromatic rings. The van der Waals surface area contributed by atoms with E-state index in [0.29, 0.717) is 18.6 Å². The van der Waals surface area contributed by atoms with Crippen LogP contribution in [-0.2, 0) is 4.74 Å². The van der Waals surface area contributed by atoms with E-state index in [9.17, 15) is 0 Å². The number of benzene rings is 1. The predicted octanol–water partition coefficient (Wildman–Crippen LogP) is 2.28. The maximum Gasteiger partial charge on any atom is 0.191 e. The van der Waals surface area contributed by atoms with Gasteiger partial charge in [-0.05, 0) is 57.0 Å². The molecule has 6 nitrogen and oxygen atoms in total. The molecule has 0 radical (unpaired) electrons. The van der Waals surface area contributed by atoms with E-state index in [1.807, 2.05) is 14.0 Å². The van der Waals surface area contributed by atoms with E-state index in [-0.39, 0.29) is 0 Å². The first-order valence-corrected chi connectivity index (χ1v) is 9.56.